The van der Waals surface area contributed by atoms with Crippen molar-refractivity contribution in [2.24, 2.45) is 0 Å². The Labute approximate surface area is 239 Å². The highest BCUT2D eigenvalue weighted by molar-refractivity contribution is 7.80. The summed E-state index contributed by atoms with van der Waals surface area (Å²) in [5.41, 5.74) is 1.70. The van der Waals surface area contributed by atoms with Crippen LogP contribution in [0.1, 0.15) is 5.56 Å². The summed E-state index contributed by atoms with van der Waals surface area (Å²) in [6, 6.07) is 7.16. The minimum atomic E-state index is -1.03. The number of rotatable bonds is 11. The third-order valence-corrected chi connectivity index (χ3v) is 6.83. The first-order valence-electron chi connectivity index (χ1n) is 13.0. The standard InChI is InChI=1S/C26H40N6O7S/c1-19(33)14-29-7-8-30(16-23(34)35)11-12-32(18-25(38)39)22(15-31(10-9-29)17-24(36)37)13-20-3-5-21(6-4-20)28-26(40)27-2/h3-6,22,33H,1,7-18H2,2H3,(H,34,35)(H,36,37)(H,38,39)(H2,27,28,40). The molecule has 1 saturated heterocycles. The van der Waals surface area contributed by atoms with Crippen LogP contribution in [0.3, 0.4) is 0 Å². The Kier molecular flexibility index (Phi) is 13.8. The lowest BCUT2D eigenvalue weighted by molar-refractivity contribution is -0.141. The summed E-state index contributed by atoms with van der Waals surface area (Å²) in [5.74, 6) is -3.07. The fourth-order valence-electron chi connectivity index (χ4n) is 4.61. The highest BCUT2D eigenvalue weighted by atomic mass is 32.1. The van der Waals surface area contributed by atoms with Gasteiger partial charge in [0.05, 0.1) is 31.9 Å². The molecule has 1 aromatic carbocycles. The zero-order chi connectivity index (χ0) is 29.7. The van der Waals surface area contributed by atoms with E-state index in [1.807, 2.05) is 29.2 Å². The van der Waals surface area contributed by atoms with Crippen molar-refractivity contribution < 1.29 is 34.8 Å². The Morgan fingerprint density at radius 1 is 0.825 bits per heavy atom. The maximum atomic E-state index is 11.9. The van der Waals surface area contributed by atoms with Gasteiger partial charge in [-0.15, -0.1) is 0 Å². The topological polar surface area (TPSA) is 169 Å². The molecule has 1 aromatic rings. The molecule has 0 aliphatic carbocycles. The Morgan fingerprint density at radius 3 is 1.85 bits per heavy atom. The molecule has 6 N–H and O–H groups in total. The van der Waals surface area contributed by atoms with E-state index in [9.17, 15) is 34.8 Å². The Morgan fingerprint density at radius 2 is 1.32 bits per heavy atom. The number of aliphatic hydroxyl groups excluding tert-OH is 1. The summed E-state index contributed by atoms with van der Waals surface area (Å²) in [7, 11) is 1.71. The quantitative estimate of drug-likeness (QED) is 0.153. The normalized spacial score (nSPS) is 18.7. The van der Waals surface area contributed by atoms with Crippen LogP contribution >= 0.6 is 12.2 Å². The summed E-state index contributed by atoms with van der Waals surface area (Å²) in [4.78, 5) is 42.3. The van der Waals surface area contributed by atoms with E-state index in [2.05, 4.69) is 17.2 Å². The lowest BCUT2D eigenvalue weighted by Crippen LogP contribution is -2.53. The van der Waals surface area contributed by atoms with Crippen molar-refractivity contribution in [3.8, 4) is 0 Å². The number of carboxylic acids is 3. The van der Waals surface area contributed by atoms with E-state index in [0.717, 1.165) is 11.3 Å². The van der Waals surface area contributed by atoms with Crippen molar-refractivity contribution in [2.45, 2.75) is 12.5 Å². The fraction of sp³-hybridized carbons (Fsp3) is 0.538. The van der Waals surface area contributed by atoms with Gasteiger partial charge in [-0.05, 0) is 36.3 Å². The molecule has 1 unspecified atom stereocenters. The number of carboxylic acid groups (broad SMARTS) is 3. The molecule has 0 aromatic heterocycles. The van der Waals surface area contributed by atoms with Gasteiger partial charge in [0.25, 0.3) is 0 Å². The van der Waals surface area contributed by atoms with Gasteiger partial charge in [0.2, 0.25) is 0 Å². The van der Waals surface area contributed by atoms with Gasteiger partial charge in [-0.1, -0.05) is 18.7 Å². The second-order valence-electron chi connectivity index (χ2n) is 9.76. The Bertz CT molecular complexity index is 1030. The van der Waals surface area contributed by atoms with Crippen LogP contribution in [-0.2, 0) is 20.8 Å². The highest BCUT2D eigenvalue weighted by Crippen LogP contribution is 2.16. The highest BCUT2D eigenvalue weighted by Gasteiger charge is 2.27. The summed E-state index contributed by atoms with van der Waals surface area (Å²) in [6.07, 6.45) is 0.441. The molecule has 1 heterocycles. The van der Waals surface area contributed by atoms with Crippen LogP contribution in [0.2, 0.25) is 0 Å². The van der Waals surface area contributed by atoms with Crippen LogP contribution in [0.4, 0.5) is 5.69 Å². The molecule has 1 atom stereocenters. The van der Waals surface area contributed by atoms with Crippen LogP contribution in [0, 0.1) is 0 Å². The van der Waals surface area contributed by atoms with Crippen molar-refractivity contribution in [1.29, 1.82) is 0 Å². The predicted octanol–water partition coefficient (Wildman–Crippen LogP) is 0.0610. The predicted molar refractivity (Wildman–Crippen MR) is 155 cm³/mol. The molecule has 0 bridgehead atoms. The van der Waals surface area contributed by atoms with E-state index in [1.165, 1.54) is 0 Å². The minimum absolute atomic E-state index is 0.0411. The molecule has 40 heavy (non-hydrogen) atoms. The molecule has 0 amide bonds. The molecular weight excluding hydrogens is 540 g/mol. The van der Waals surface area contributed by atoms with E-state index < -0.39 is 17.9 Å². The van der Waals surface area contributed by atoms with E-state index in [4.69, 9.17) is 12.2 Å². The van der Waals surface area contributed by atoms with Gasteiger partial charge in [-0.3, -0.25) is 34.0 Å². The SMILES string of the molecule is C=C(O)CN1CCN(CC(=O)O)CCN(CC(=O)O)C(Cc2ccc(NC(=S)NC)cc2)CN(CC(=O)O)CC1. The number of carbonyl (C=O) groups is 3. The van der Waals surface area contributed by atoms with Gasteiger partial charge in [0, 0.05) is 64.6 Å². The molecule has 222 valence electrons. The summed E-state index contributed by atoms with van der Waals surface area (Å²) < 4.78 is 0. The third-order valence-electron chi connectivity index (χ3n) is 6.53. The summed E-state index contributed by atoms with van der Waals surface area (Å²) in [5, 5.41) is 44.9. The molecule has 14 heteroatoms. The first kappa shape index (κ1) is 32.9. The molecule has 1 fully saturated rings. The summed E-state index contributed by atoms with van der Waals surface area (Å²) >= 11 is 5.14. The second kappa shape index (κ2) is 16.7. The largest absolute Gasteiger partial charge is 0.512 e. The monoisotopic (exact) mass is 580 g/mol. The average Bonchev–Trinajstić information content (AvgIpc) is 2.86. The number of benzene rings is 1. The van der Waals surface area contributed by atoms with Crippen LogP contribution < -0.4 is 10.6 Å². The van der Waals surface area contributed by atoms with Gasteiger partial charge >= 0.3 is 17.9 Å². The number of aliphatic hydroxyl groups is 1. The number of hydrogen-bond donors (Lipinski definition) is 6. The van der Waals surface area contributed by atoms with E-state index >= 15 is 0 Å². The van der Waals surface area contributed by atoms with Crippen LogP contribution in [0.25, 0.3) is 0 Å². The smallest absolute Gasteiger partial charge is 0.317 e. The zero-order valence-corrected chi connectivity index (χ0v) is 23.6. The van der Waals surface area contributed by atoms with E-state index in [0.29, 0.717) is 44.3 Å². The average molecular weight is 581 g/mol. The van der Waals surface area contributed by atoms with Gasteiger partial charge in [-0.25, -0.2) is 0 Å². The Balaban J connectivity index is 2.38. The maximum absolute atomic E-state index is 11.9. The van der Waals surface area contributed by atoms with E-state index in [1.54, 1.807) is 21.7 Å². The first-order chi connectivity index (χ1) is 18.9. The molecule has 0 saturated carbocycles. The maximum Gasteiger partial charge on any atom is 0.317 e. The lowest BCUT2D eigenvalue weighted by atomic mass is 10.0. The molecule has 13 nitrogen and oxygen atoms in total. The van der Waals surface area contributed by atoms with Gasteiger partial charge in [-0.2, -0.15) is 0 Å². The Hall–Kier alpha value is -3.30. The lowest BCUT2D eigenvalue weighted by Gasteiger charge is -2.37. The number of anilines is 1. The number of hydrogen-bond acceptors (Lipinski definition) is 9. The number of nitrogens with zero attached hydrogens (tertiary/aromatic N) is 4. The minimum Gasteiger partial charge on any atom is -0.512 e. The van der Waals surface area contributed by atoms with Gasteiger partial charge < -0.3 is 31.1 Å². The second-order valence-corrected chi connectivity index (χ2v) is 10.2. The van der Waals surface area contributed by atoms with Crippen molar-refractivity contribution in [3.63, 3.8) is 0 Å². The van der Waals surface area contributed by atoms with Crippen molar-refractivity contribution >= 4 is 40.9 Å². The molecular formula is C26H40N6O7S. The number of aliphatic carboxylic acids is 3. The molecule has 1 aliphatic heterocycles. The summed E-state index contributed by atoms with van der Waals surface area (Å²) in [6.45, 7) is 5.40. The van der Waals surface area contributed by atoms with Crippen molar-refractivity contribution in [1.82, 2.24) is 24.9 Å². The molecule has 2 rings (SSSR count). The molecule has 0 radical (unpaired) electrons. The van der Waals surface area contributed by atoms with E-state index in [-0.39, 0.29) is 51.1 Å². The van der Waals surface area contributed by atoms with Gasteiger partial charge in [0.1, 0.15) is 0 Å². The van der Waals surface area contributed by atoms with Crippen molar-refractivity contribution in [2.75, 3.05) is 84.4 Å². The van der Waals surface area contributed by atoms with Crippen LogP contribution in [-0.4, -0.2) is 148 Å². The molecule has 0 spiro atoms. The third kappa shape index (κ3) is 12.7. The van der Waals surface area contributed by atoms with Crippen molar-refractivity contribution in [3.05, 3.63) is 42.2 Å². The number of nitrogens with one attached hydrogen (secondary N) is 2. The van der Waals surface area contributed by atoms with Gasteiger partial charge in [0.15, 0.2) is 5.11 Å². The van der Waals surface area contributed by atoms with Crippen LogP contribution in [0.15, 0.2) is 36.6 Å². The zero-order valence-electron chi connectivity index (χ0n) is 22.8. The van der Waals surface area contributed by atoms with Crippen LogP contribution in [0.5, 0.6) is 0 Å². The molecule has 1 aliphatic rings. The first-order valence-corrected chi connectivity index (χ1v) is 13.4. The fourth-order valence-corrected chi connectivity index (χ4v) is 4.73. The number of thiocarbonyl (C=S) groups is 1.